The maximum Gasteiger partial charge on any atom is 0.0379 e. The van der Waals surface area contributed by atoms with Crippen molar-refractivity contribution in [3.63, 3.8) is 0 Å². The smallest absolute Gasteiger partial charge is 0.0379 e. The molecule has 0 aliphatic carbocycles. The Balaban J connectivity index is 2.09. The minimum Gasteiger partial charge on any atom is -0.384 e. The average molecular weight is 279 g/mol. The minimum atomic E-state index is 0.542. The summed E-state index contributed by atoms with van der Waals surface area (Å²) in [7, 11) is 0. The average Bonchev–Trinajstić information content (AvgIpc) is 2.93. The molecule has 2 aromatic carbocycles. The van der Waals surface area contributed by atoms with E-state index < -0.39 is 0 Å². The first-order chi connectivity index (χ1) is 10.1. The number of nitrogens with one attached hydrogen (secondary N) is 1. The van der Waals surface area contributed by atoms with Gasteiger partial charge in [-0.2, -0.15) is 0 Å². The van der Waals surface area contributed by atoms with Crippen molar-refractivity contribution >= 4 is 5.69 Å². The molecular weight excluding hydrogens is 254 g/mol. The first-order valence-corrected chi connectivity index (χ1v) is 8.07. The van der Waals surface area contributed by atoms with Crippen molar-refractivity contribution in [1.82, 2.24) is 0 Å². The summed E-state index contributed by atoms with van der Waals surface area (Å²) < 4.78 is 0. The van der Waals surface area contributed by atoms with Gasteiger partial charge in [0.15, 0.2) is 0 Å². The lowest BCUT2D eigenvalue weighted by Crippen LogP contribution is -1.97. The highest BCUT2D eigenvalue weighted by Gasteiger charge is 2.14. The fraction of sp³-hybridized carbons (Fsp3) is 0.400. The van der Waals surface area contributed by atoms with E-state index in [1.54, 1.807) is 0 Å². The highest BCUT2D eigenvalue weighted by molar-refractivity contribution is 5.74. The molecule has 110 valence electrons. The van der Waals surface area contributed by atoms with Gasteiger partial charge < -0.3 is 5.32 Å². The second-order valence-electron chi connectivity index (χ2n) is 6.70. The number of benzene rings is 2. The number of hydrogen-bond donors (Lipinski definition) is 1. The van der Waals surface area contributed by atoms with Crippen LogP contribution in [0.2, 0.25) is 0 Å². The van der Waals surface area contributed by atoms with Gasteiger partial charge in [-0.05, 0) is 52.1 Å². The summed E-state index contributed by atoms with van der Waals surface area (Å²) >= 11 is 0. The maximum absolute atomic E-state index is 3.49. The van der Waals surface area contributed by atoms with E-state index in [9.17, 15) is 0 Å². The summed E-state index contributed by atoms with van der Waals surface area (Å²) in [6, 6.07) is 13.9. The molecule has 1 heteroatoms. The lowest BCUT2D eigenvalue weighted by molar-refractivity contribution is 0.835. The number of rotatable bonds is 3. The van der Waals surface area contributed by atoms with Crippen molar-refractivity contribution in [2.45, 2.75) is 46.0 Å². The Labute approximate surface area is 128 Å². The van der Waals surface area contributed by atoms with Crippen LogP contribution in [0, 0.1) is 0 Å². The van der Waals surface area contributed by atoms with E-state index >= 15 is 0 Å². The fourth-order valence-corrected chi connectivity index (χ4v) is 3.14. The fourth-order valence-electron chi connectivity index (χ4n) is 3.14. The Kier molecular flexibility index (Phi) is 3.75. The first kappa shape index (κ1) is 14.2. The summed E-state index contributed by atoms with van der Waals surface area (Å²) in [6.45, 7) is 10.2. The van der Waals surface area contributed by atoms with Crippen molar-refractivity contribution in [2.24, 2.45) is 0 Å². The quantitative estimate of drug-likeness (QED) is 0.774. The molecule has 1 nitrogen and oxygen atoms in total. The number of anilines is 1. The molecule has 1 N–H and O–H groups in total. The predicted octanol–water partition coefficient (Wildman–Crippen LogP) is 5.57. The van der Waals surface area contributed by atoms with Gasteiger partial charge in [-0.1, -0.05) is 58.0 Å². The lowest BCUT2D eigenvalue weighted by atomic mass is 9.88. The molecule has 0 atom stereocenters. The van der Waals surface area contributed by atoms with Crippen molar-refractivity contribution in [2.75, 3.05) is 11.9 Å². The van der Waals surface area contributed by atoms with Crippen molar-refractivity contribution in [3.8, 4) is 11.1 Å². The minimum absolute atomic E-state index is 0.542. The zero-order valence-corrected chi connectivity index (χ0v) is 13.5. The van der Waals surface area contributed by atoms with Crippen LogP contribution in [0.3, 0.4) is 0 Å². The highest BCUT2D eigenvalue weighted by Crippen LogP contribution is 2.35. The topological polar surface area (TPSA) is 12.0 Å². The van der Waals surface area contributed by atoms with Crippen LogP contribution in [0.15, 0.2) is 36.4 Å². The van der Waals surface area contributed by atoms with Crippen molar-refractivity contribution < 1.29 is 0 Å². The van der Waals surface area contributed by atoms with Gasteiger partial charge in [0.25, 0.3) is 0 Å². The molecular formula is C20H25N. The van der Waals surface area contributed by atoms with Gasteiger partial charge in [0.05, 0.1) is 0 Å². The second-order valence-corrected chi connectivity index (χ2v) is 6.70. The number of hydrogen-bond acceptors (Lipinski definition) is 1. The Bertz CT molecular complexity index is 653. The molecule has 0 saturated carbocycles. The Morgan fingerprint density at radius 1 is 0.905 bits per heavy atom. The monoisotopic (exact) mass is 279 g/mol. The molecule has 1 aliphatic heterocycles. The third kappa shape index (κ3) is 2.70. The Morgan fingerprint density at radius 2 is 1.71 bits per heavy atom. The molecule has 0 fully saturated rings. The van der Waals surface area contributed by atoms with Crippen LogP contribution in [0.25, 0.3) is 11.1 Å². The largest absolute Gasteiger partial charge is 0.384 e. The molecule has 0 unspecified atom stereocenters. The van der Waals surface area contributed by atoms with E-state index in [1.807, 2.05) is 0 Å². The summed E-state index contributed by atoms with van der Waals surface area (Å²) in [4.78, 5) is 0. The SMILES string of the molecule is CC(C)c1ccc(-c2ccc3c(c2)NCC3)c(C(C)C)c1. The predicted molar refractivity (Wildman–Crippen MR) is 92.2 cm³/mol. The summed E-state index contributed by atoms with van der Waals surface area (Å²) in [5.41, 5.74) is 8.37. The van der Waals surface area contributed by atoms with E-state index in [0.717, 1.165) is 13.0 Å². The van der Waals surface area contributed by atoms with Gasteiger partial charge in [0, 0.05) is 12.2 Å². The standard InChI is InChI=1S/C20H25N/c1-13(2)16-7-8-18(19(11-16)14(3)4)17-6-5-15-9-10-21-20(15)12-17/h5-8,11-14,21H,9-10H2,1-4H3. The molecule has 0 bridgehead atoms. The van der Waals surface area contributed by atoms with Crippen LogP contribution in [-0.4, -0.2) is 6.54 Å². The Hall–Kier alpha value is -1.76. The number of fused-ring (bicyclic) bond motifs is 1. The summed E-state index contributed by atoms with van der Waals surface area (Å²) in [5.74, 6) is 1.12. The molecule has 0 radical (unpaired) electrons. The molecule has 1 heterocycles. The van der Waals surface area contributed by atoms with E-state index in [2.05, 4.69) is 69.4 Å². The summed E-state index contributed by atoms with van der Waals surface area (Å²) in [6.07, 6.45) is 1.15. The molecule has 1 aliphatic rings. The summed E-state index contributed by atoms with van der Waals surface area (Å²) in [5, 5.41) is 3.49. The van der Waals surface area contributed by atoms with E-state index in [1.165, 1.54) is 33.5 Å². The zero-order chi connectivity index (χ0) is 15.0. The maximum atomic E-state index is 3.49. The van der Waals surface area contributed by atoms with Crippen molar-refractivity contribution in [1.29, 1.82) is 0 Å². The van der Waals surface area contributed by atoms with Gasteiger partial charge in [-0.25, -0.2) is 0 Å². The van der Waals surface area contributed by atoms with E-state index in [4.69, 9.17) is 0 Å². The van der Waals surface area contributed by atoms with Crippen LogP contribution >= 0.6 is 0 Å². The molecule has 0 amide bonds. The Morgan fingerprint density at radius 3 is 2.43 bits per heavy atom. The van der Waals surface area contributed by atoms with Crippen LogP contribution in [0.4, 0.5) is 5.69 Å². The van der Waals surface area contributed by atoms with Crippen molar-refractivity contribution in [3.05, 3.63) is 53.1 Å². The second kappa shape index (κ2) is 5.55. The van der Waals surface area contributed by atoms with Gasteiger partial charge in [0.1, 0.15) is 0 Å². The molecule has 0 saturated heterocycles. The van der Waals surface area contributed by atoms with E-state index in [0.29, 0.717) is 11.8 Å². The normalized spacial score (nSPS) is 13.6. The molecule has 0 aromatic heterocycles. The van der Waals surface area contributed by atoms with Crippen LogP contribution in [0.5, 0.6) is 0 Å². The lowest BCUT2D eigenvalue weighted by Gasteiger charge is -2.17. The van der Waals surface area contributed by atoms with E-state index in [-0.39, 0.29) is 0 Å². The molecule has 2 aromatic rings. The van der Waals surface area contributed by atoms with Gasteiger partial charge in [0.2, 0.25) is 0 Å². The highest BCUT2D eigenvalue weighted by atomic mass is 14.9. The van der Waals surface area contributed by atoms with Crippen LogP contribution < -0.4 is 5.32 Å². The zero-order valence-electron chi connectivity index (χ0n) is 13.5. The molecule has 21 heavy (non-hydrogen) atoms. The van der Waals surface area contributed by atoms with Crippen LogP contribution in [-0.2, 0) is 6.42 Å². The first-order valence-electron chi connectivity index (χ1n) is 8.07. The molecule has 0 spiro atoms. The van der Waals surface area contributed by atoms with Gasteiger partial charge >= 0.3 is 0 Å². The third-order valence-corrected chi connectivity index (χ3v) is 4.49. The van der Waals surface area contributed by atoms with Gasteiger partial charge in [-0.15, -0.1) is 0 Å². The third-order valence-electron chi connectivity index (χ3n) is 4.49. The molecule has 3 rings (SSSR count). The van der Waals surface area contributed by atoms with Gasteiger partial charge in [-0.3, -0.25) is 0 Å². The van der Waals surface area contributed by atoms with Crippen LogP contribution in [0.1, 0.15) is 56.2 Å².